The molecule has 0 spiro atoms. The van der Waals surface area contributed by atoms with Crippen LogP contribution in [0.15, 0.2) is 29.2 Å². The lowest BCUT2D eigenvalue weighted by Gasteiger charge is -2.10. The molecule has 0 aromatic heterocycles. The van der Waals surface area contributed by atoms with Crippen LogP contribution in [0.1, 0.15) is 12.5 Å². The molecule has 92 valence electrons. The summed E-state index contributed by atoms with van der Waals surface area (Å²) in [5, 5.41) is 8.27. The number of hydrogen-bond donors (Lipinski definition) is 1. The second-order valence-electron chi connectivity index (χ2n) is 4.08. The predicted octanol–water partition coefficient (Wildman–Crippen LogP) is 1.93. The van der Waals surface area contributed by atoms with Crippen molar-refractivity contribution in [1.29, 1.82) is 0 Å². The van der Waals surface area contributed by atoms with Gasteiger partial charge >= 0.3 is 5.97 Å². The largest absolute Gasteiger partial charge is 0.480 e. The van der Waals surface area contributed by atoms with Gasteiger partial charge in [-0.2, -0.15) is 0 Å². The van der Waals surface area contributed by atoms with Gasteiger partial charge in [0.15, 0.2) is 0 Å². The van der Waals surface area contributed by atoms with Gasteiger partial charge in [-0.15, -0.1) is 11.8 Å². The lowest BCUT2D eigenvalue weighted by atomic mass is 10.1. The van der Waals surface area contributed by atoms with Crippen molar-refractivity contribution in [3.05, 3.63) is 29.8 Å². The van der Waals surface area contributed by atoms with Crippen LogP contribution in [0, 0.1) is 0 Å². The number of rotatable bonds is 4. The second kappa shape index (κ2) is 5.23. The van der Waals surface area contributed by atoms with E-state index in [1.165, 1.54) is 17.4 Å². The highest BCUT2D eigenvalue weighted by Gasteiger charge is 2.27. The molecule has 0 fully saturated rings. The van der Waals surface area contributed by atoms with E-state index in [4.69, 9.17) is 5.11 Å². The van der Waals surface area contributed by atoms with Crippen LogP contribution >= 0.6 is 11.8 Å². The highest BCUT2D eigenvalue weighted by atomic mass is 32.2. The van der Waals surface area contributed by atoms with Crippen molar-refractivity contribution in [3.63, 3.8) is 0 Å². The molecule has 0 saturated carbocycles. The molecule has 3 atom stereocenters. The van der Waals surface area contributed by atoms with E-state index in [-0.39, 0.29) is 5.25 Å². The van der Waals surface area contributed by atoms with E-state index < -0.39 is 22.0 Å². The minimum absolute atomic E-state index is 0.245. The predicted molar refractivity (Wildman–Crippen MR) is 69.9 cm³/mol. The van der Waals surface area contributed by atoms with Crippen molar-refractivity contribution in [1.82, 2.24) is 0 Å². The zero-order valence-electron chi connectivity index (χ0n) is 9.46. The monoisotopic (exact) mass is 270 g/mol. The van der Waals surface area contributed by atoms with Crippen molar-refractivity contribution in [2.75, 3.05) is 5.75 Å². The van der Waals surface area contributed by atoms with Crippen LogP contribution < -0.4 is 0 Å². The molecule has 1 aromatic carbocycles. The van der Waals surface area contributed by atoms with Gasteiger partial charge in [0, 0.05) is 26.7 Å². The first-order valence-corrected chi connectivity index (χ1v) is 7.68. The van der Waals surface area contributed by atoms with E-state index >= 15 is 0 Å². The smallest absolute Gasteiger partial charge is 0.318 e. The Kier molecular flexibility index (Phi) is 3.89. The summed E-state index contributed by atoms with van der Waals surface area (Å²) < 4.78 is 11.8. The Hall–Kier alpha value is -0.810. The molecule has 0 amide bonds. The Balaban J connectivity index is 1.96. The number of hydrogen-bond acceptors (Lipinski definition) is 3. The van der Waals surface area contributed by atoms with E-state index in [1.54, 1.807) is 11.8 Å². The topological polar surface area (TPSA) is 54.4 Å². The van der Waals surface area contributed by atoms with E-state index in [1.807, 2.05) is 12.1 Å². The van der Waals surface area contributed by atoms with Gasteiger partial charge in [-0.05, 0) is 25.0 Å². The molecule has 1 aliphatic rings. The van der Waals surface area contributed by atoms with E-state index in [0.717, 1.165) is 6.42 Å². The average Bonchev–Trinajstić information content (AvgIpc) is 2.69. The maximum Gasteiger partial charge on any atom is 0.318 e. The Bertz CT molecular complexity index is 434. The van der Waals surface area contributed by atoms with Crippen molar-refractivity contribution in [2.24, 2.45) is 0 Å². The van der Waals surface area contributed by atoms with Crippen LogP contribution in [0.3, 0.4) is 0 Å². The van der Waals surface area contributed by atoms with Crippen molar-refractivity contribution >= 4 is 28.5 Å². The van der Waals surface area contributed by atoms with Crippen molar-refractivity contribution in [2.45, 2.75) is 28.7 Å². The van der Waals surface area contributed by atoms with Crippen LogP contribution in [0.2, 0.25) is 0 Å². The minimum Gasteiger partial charge on any atom is -0.480 e. The zero-order valence-corrected chi connectivity index (χ0v) is 11.1. The highest BCUT2D eigenvalue weighted by molar-refractivity contribution is 8.01. The van der Waals surface area contributed by atoms with Gasteiger partial charge in [-0.3, -0.25) is 9.00 Å². The van der Waals surface area contributed by atoms with E-state index in [0.29, 0.717) is 5.75 Å². The zero-order chi connectivity index (χ0) is 12.4. The molecule has 1 N–H and O–H groups in total. The van der Waals surface area contributed by atoms with Crippen LogP contribution in [0.25, 0.3) is 0 Å². The summed E-state index contributed by atoms with van der Waals surface area (Å²) in [5.74, 6) is -0.531. The van der Waals surface area contributed by atoms with Gasteiger partial charge in [0.05, 0.1) is 0 Å². The lowest BCUT2D eigenvalue weighted by Crippen LogP contribution is -2.27. The number of carboxylic acids is 1. The summed E-state index contributed by atoms with van der Waals surface area (Å²) in [5.41, 5.74) is 1.28. The van der Waals surface area contributed by atoms with Crippen LogP contribution in [0.4, 0.5) is 0 Å². The fourth-order valence-electron chi connectivity index (χ4n) is 1.79. The summed E-state index contributed by atoms with van der Waals surface area (Å²) in [4.78, 5) is 12.0. The molecule has 1 heterocycles. The summed E-state index contributed by atoms with van der Waals surface area (Å²) >= 11 is 1.71. The van der Waals surface area contributed by atoms with Crippen LogP contribution in [-0.4, -0.2) is 31.5 Å². The molecule has 3 unspecified atom stereocenters. The number of fused-ring (bicyclic) bond motifs is 1. The molecule has 3 nitrogen and oxygen atoms in total. The normalized spacial score (nSPS) is 21.8. The molecular weight excluding hydrogens is 256 g/mol. The van der Waals surface area contributed by atoms with Gasteiger partial charge in [0.25, 0.3) is 0 Å². The SMILES string of the molecule is CC(C(=O)O)S(=O)CC1Cc2ccccc2S1. The molecule has 1 aromatic rings. The molecule has 0 radical (unpaired) electrons. The maximum absolute atomic E-state index is 11.8. The maximum atomic E-state index is 11.8. The molecule has 17 heavy (non-hydrogen) atoms. The fourth-order valence-corrected chi connectivity index (χ4v) is 4.54. The van der Waals surface area contributed by atoms with E-state index in [9.17, 15) is 9.00 Å². The molecule has 5 heteroatoms. The molecule has 0 aliphatic carbocycles. The summed E-state index contributed by atoms with van der Waals surface area (Å²) in [6, 6.07) is 8.12. The van der Waals surface area contributed by atoms with Gasteiger partial charge in [-0.1, -0.05) is 18.2 Å². The fraction of sp³-hybridized carbons (Fsp3) is 0.417. The molecule has 1 aliphatic heterocycles. The number of carbonyl (C=O) groups is 1. The molecule has 0 saturated heterocycles. The Morgan fingerprint density at radius 1 is 1.59 bits per heavy atom. The number of thioether (sulfide) groups is 1. The third-order valence-corrected chi connectivity index (χ3v) is 6.06. The van der Waals surface area contributed by atoms with Gasteiger partial charge in [-0.25, -0.2) is 0 Å². The van der Waals surface area contributed by atoms with Crippen molar-refractivity contribution in [3.8, 4) is 0 Å². The second-order valence-corrected chi connectivity index (χ2v) is 7.22. The summed E-state index contributed by atoms with van der Waals surface area (Å²) in [6.07, 6.45) is 0.888. The standard InChI is InChI=1S/C12H14O3S2/c1-8(12(13)14)17(15)7-10-6-9-4-2-3-5-11(9)16-10/h2-5,8,10H,6-7H2,1H3,(H,13,14). The third kappa shape index (κ3) is 2.90. The summed E-state index contributed by atoms with van der Waals surface area (Å²) in [6.45, 7) is 1.51. The van der Waals surface area contributed by atoms with Crippen LogP contribution in [-0.2, 0) is 22.0 Å². The Morgan fingerprint density at radius 3 is 2.94 bits per heavy atom. The highest BCUT2D eigenvalue weighted by Crippen LogP contribution is 2.37. The van der Waals surface area contributed by atoms with Crippen molar-refractivity contribution < 1.29 is 14.1 Å². The Morgan fingerprint density at radius 2 is 2.29 bits per heavy atom. The van der Waals surface area contributed by atoms with E-state index in [2.05, 4.69) is 12.1 Å². The number of aliphatic carboxylic acids is 1. The third-order valence-electron chi connectivity index (χ3n) is 2.81. The average molecular weight is 270 g/mol. The first-order chi connectivity index (χ1) is 8.08. The first kappa shape index (κ1) is 12.6. The summed E-state index contributed by atoms with van der Waals surface area (Å²) in [7, 11) is -1.29. The quantitative estimate of drug-likeness (QED) is 0.908. The number of benzene rings is 1. The number of carboxylic acid groups (broad SMARTS) is 1. The molecule has 2 rings (SSSR count). The van der Waals surface area contributed by atoms with Gasteiger partial charge in [0.2, 0.25) is 0 Å². The lowest BCUT2D eigenvalue weighted by molar-refractivity contribution is -0.136. The van der Waals surface area contributed by atoms with Gasteiger partial charge in [0.1, 0.15) is 5.25 Å². The minimum atomic E-state index is -1.29. The molecule has 0 bridgehead atoms. The first-order valence-electron chi connectivity index (χ1n) is 5.42. The van der Waals surface area contributed by atoms with Crippen LogP contribution in [0.5, 0.6) is 0 Å². The van der Waals surface area contributed by atoms with Gasteiger partial charge < -0.3 is 5.11 Å². The Labute approximate surface area is 107 Å². The molecular formula is C12H14O3S2.